The van der Waals surface area contributed by atoms with Gasteiger partial charge in [0.1, 0.15) is 11.3 Å². The van der Waals surface area contributed by atoms with E-state index < -0.39 is 0 Å². The monoisotopic (exact) mass is 331 g/mol. The minimum absolute atomic E-state index is 0.302. The molecule has 1 aliphatic rings. The highest BCUT2D eigenvalue weighted by molar-refractivity contribution is 5.87. The van der Waals surface area contributed by atoms with E-state index in [1.807, 2.05) is 19.1 Å². The van der Waals surface area contributed by atoms with E-state index >= 15 is 0 Å². The van der Waals surface area contributed by atoms with Gasteiger partial charge in [-0.1, -0.05) is 13.3 Å². The number of hydrogen-bond donors (Lipinski definition) is 1. The maximum absolute atomic E-state index is 11.8. The van der Waals surface area contributed by atoms with Gasteiger partial charge in [-0.15, -0.1) is 0 Å². The Labute approximate surface area is 141 Å². The van der Waals surface area contributed by atoms with Crippen LogP contribution in [0.1, 0.15) is 24.5 Å². The third kappa shape index (κ3) is 3.97. The molecule has 0 aliphatic carbocycles. The predicted molar refractivity (Wildman–Crippen MR) is 93.9 cm³/mol. The fourth-order valence-electron chi connectivity index (χ4n) is 3.12. The van der Waals surface area contributed by atoms with Crippen molar-refractivity contribution >= 4 is 11.0 Å². The Morgan fingerprint density at radius 2 is 2.21 bits per heavy atom. The molecule has 5 nitrogen and oxygen atoms in total. The Morgan fingerprint density at radius 3 is 3.04 bits per heavy atom. The SMILES string of the molecule is CCCc1cc(=O)oc2cc(C)cc(OCC3CNCCOC3)c12. The maximum atomic E-state index is 11.8. The molecule has 2 heterocycles. The summed E-state index contributed by atoms with van der Waals surface area (Å²) >= 11 is 0. The van der Waals surface area contributed by atoms with E-state index in [-0.39, 0.29) is 5.63 Å². The molecule has 1 aromatic heterocycles. The number of nitrogens with one attached hydrogen (secondary N) is 1. The molecular weight excluding hydrogens is 306 g/mol. The zero-order chi connectivity index (χ0) is 16.9. The van der Waals surface area contributed by atoms with E-state index in [0.717, 1.165) is 54.8 Å². The molecule has 0 spiro atoms. The summed E-state index contributed by atoms with van der Waals surface area (Å²) in [6.45, 7) is 7.88. The van der Waals surface area contributed by atoms with Crippen LogP contribution in [-0.4, -0.2) is 32.9 Å². The molecule has 24 heavy (non-hydrogen) atoms. The molecule has 130 valence electrons. The fraction of sp³-hybridized carbons (Fsp3) is 0.526. The number of fused-ring (bicyclic) bond motifs is 1. The van der Waals surface area contributed by atoms with Gasteiger partial charge in [-0.3, -0.25) is 0 Å². The van der Waals surface area contributed by atoms with E-state index in [2.05, 4.69) is 12.2 Å². The van der Waals surface area contributed by atoms with E-state index in [1.165, 1.54) is 0 Å². The molecule has 1 fully saturated rings. The number of hydrogen-bond acceptors (Lipinski definition) is 5. The van der Waals surface area contributed by atoms with Gasteiger partial charge in [0.05, 0.1) is 25.2 Å². The lowest BCUT2D eigenvalue weighted by molar-refractivity contribution is 0.102. The summed E-state index contributed by atoms with van der Waals surface area (Å²) in [6.07, 6.45) is 1.79. The van der Waals surface area contributed by atoms with E-state index in [9.17, 15) is 4.79 Å². The summed E-state index contributed by atoms with van der Waals surface area (Å²) in [6, 6.07) is 5.51. The first-order valence-electron chi connectivity index (χ1n) is 8.66. The van der Waals surface area contributed by atoms with Gasteiger partial charge in [0.15, 0.2) is 0 Å². The van der Waals surface area contributed by atoms with Crippen LogP contribution in [0.25, 0.3) is 11.0 Å². The fourth-order valence-corrected chi connectivity index (χ4v) is 3.12. The summed E-state index contributed by atoms with van der Waals surface area (Å²) in [4.78, 5) is 11.8. The molecule has 1 unspecified atom stereocenters. The predicted octanol–water partition coefficient (Wildman–Crippen LogP) is 2.67. The second-order valence-electron chi connectivity index (χ2n) is 6.43. The van der Waals surface area contributed by atoms with Crippen LogP contribution in [0.4, 0.5) is 0 Å². The first-order chi connectivity index (χ1) is 11.7. The molecule has 3 rings (SSSR count). The summed E-state index contributed by atoms with van der Waals surface area (Å²) in [5, 5.41) is 4.28. The third-order valence-electron chi connectivity index (χ3n) is 4.24. The Bertz CT molecular complexity index is 745. The van der Waals surface area contributed by atoms with Crippen molar-refractivity contribution in [1.82, 2.24) is 5.32 Å². The molecule has 0 radical (unpaired) electrons. The molecule has 0 bridgehead atoms. The molecule has 1 saturated heterocycles. The Morgan fingerprint density at radius 1 is 1.33 bits per heavy atom. The zero-order valence-electron chi connectivity index (χ0n) is 14.4. The smallest absolute Gasteiger partial charge is 0.336 e. The molecule has 2 aromatic rings. The van der Waals surface area contributed by atoms with Crippen LogP contribution < -0.4 is 15.7 Å². The third-order valence-corrected chi connectivity index (χ3v) is 4.24. The Kier molecular flexibility index (Phi) is 5.53. The summed E-state index contributed by atoms with van der Waals surface area (Å²) in [5.41, 5.74) is 2.32. The summed E-state index contributed by atoms with van der Waals surface area (Å²) in [7, 11) is 0. The van der Waals surface area contributed by atoms with Gasteiger partial charge < -0.3 is 19.2 Å². The minimum atomic E-state index is -0.302. The molecule has 1 aliphatic heterocycles. The highest BCUT2D eigenvalue weighted by Gasteiger charge is 2.16. The van der Waals surface area contributed by atoms with Crippen molar-refractivity contribution < 1.29 is 13.9 Å². The van der Waals surface area contributed by atoms with E-state index in [4.69, 9.17) is 13.9 Å². The molecule has 5 heteroatoms. The van der Waals surface area contributed by atoms with Gasteiger partial charge in [-0.05, 0) is 36.6 Å². The van der Waals surface area contributed by atoms with Crippen molar-refractivity contribution in [2.75, 3.05) is 32.9 Å². The number of rotatable bonds is 5. The van der Waals surface area contributed by atoms with Crippen LogP contribution in [-0.2, 0) is 11.2 Å². The van der Waals surface area contributed by atoms with Crippen molar-refractivity contribution in [3.63, 3.8) is 0 Å². The van der Waals surface area contributed by atoms with Gasteiger partial charge in [0.2, 0.25) is 0 Å². The van der Waals surface area contributed by atoms with E-state index in [1.54, 1.807) is 6.07 Å². The van der Waals surface area contributed by atoms with Crippen molar-refractivity contribution in [1.29, 1.82) is 0 Å². The molecule has 1 aromatic carbocycles. The Hall–Kier alpha value is -1.85. The lowest BCUT2D eigenvalue weighted by atomic mass is 10.0. The minimum Gasteiger partial charge on any atom is -0.492 e. The highest BCUT2D eigenvalue weighted by atomic mass is 16.5. The first-order valence-corrected chi connectivity index (χ1v) is 8.66. The number of benzene rings is 1. The number of aryl methyl sites for hydroxylation is 2. The van der Waals surface area contributed by atoms with Crippen molar-refractivity contribution in [3.8, 4) is 5.75 Å². The molecule has 0 saturated carbocycles. The maximum Gasteiger partial charge on any atom is 0.336 e. The number of ether oxygens (including phenoxy) is 2. The molecule has 0 amide bonds. The van der Waals surface area contributed by atoms with Crippen molar-refractivity contribution in [2.45, 2.75) is 26.7 Å². The second kappa shape index (κ2) is 7.81. The van der Waals surface area contributed by atoms with Crippen molar-refractivity contribution in [2.24, 2.45) is 5.92 Å². The summed E-state index contributed by atoms with van der Waals surface area (Å²) in [5.74, 6) is 1.11. The zero-order valence-corrected chi connectivity index (χ0v) is 14.4. The lowest BCUT2D eigenvalue weighted by Crippen LogP contribution is -2.27. The van der Waals surface area contributed by atoms with E-state index in [0.29, 0.717) is 24.7 Å². The van der Waals surface area contributed by atoms with Crippen LogP contribution in [0, 0.1) is 12.8 Å². The second-order valence-corrected chi connectivity index (χ2v) is 6.43. The van der Waals surface area contributed by atoms with Crippen LogP contribution >= 0.6 is 0 Å². The summed E-state index contributed by atoms with van der Waals surface area (Å²) < 4.78 is 17.1. The van der Waals surface area contributed by atoms with Crippen LogP contribution in [0.5, 0.6) is 5.75 Å². The molecule has 1 atom stereocenters. The normalized spacial score (nSPS) is 18.5. The van der Waals surface area contributed by atoms with Gasteiger partial charge in [-0.2, -0.15) is 0 Å². The van der Waals surface area contributed by atoms with Gasteiger partial charge in [0, 0.05) is 25.1 Å². The highest BCUT2D eigenvalue weighted by Crippen LogP contribution is 2.31. The first kappa shape index (κ1) is 17.0. The quantitative estimate of drug-likeness (QED) is 0.854. The Balaban J connectivity index is 1.92. The van der Waals surface area contributed by atoms with Crippen LogP contribution in [0.15, 0.2) is 27.4 Å². The average molecular weight is 331 g/mol. The van der Waals surface area contributed by atoms with Crippen molar-refractivity contribution in [3.05, 3.63) is 39.7 Å². The van der Waals surface area contributed by atoms with Crippen LogP contribution in [0.2, 0.25) is 0 Å². The average Bonchev–Trinajstić information content (AvgIpc) is 2.80. The topological polar surface area (TPSA) is 60.7 Å². The van der Waals surface area contributed by atoms with Gasteiger partial charge in [0.25, 0.3) is 0 Å². The largest absolute Gasteiger partial charge is 0.492 e. The molecule has 1 N–H and O–H groups in total. The van der Waals surface area contributed by atoms with Gasteiger partial charge >= 0.3 is 5.63 Å². The van der Waals surface area contributed by atoms with Crippen LogP contribution in [0.3, 0.4) is 0 Å². The lowest BCUT2D eigenvalue weighted by Gasteiger charge is -2.17. The van der Waals surface area contributed by atoms with Gasteiger partial charge in [-0.25, -0.2) is 4.79 Å². The standard InChI is InChI=1S/C19H25NO4/c1-3-4-15-9-18(21)24-17-8-13(2)7-16(19(15)17)23-12-14-10-20-5-6-22-11-14/h7-9,14,20H,3-6,10-12H2,1-2H3. The molecular formula is C19H25NO4.